The van der Waals surface area contributed by atoms with Crippen LogP contribution in [0.4, 0.5) is 0 Å². The van der Waals surface area contributed by atoms with E-state index >= 15 is 0 Å². The summed E-state index contributed by atoms with van der Waals surface area (Å²) < 4.78 is 11.5. The Labute approximate surface area is 204 Å². The van der Waals surface area contributed by atoms with Gasteiger partial charge < -0.3 is 8.83 Å². The van der Waals surface area contributed by atoms with Crippen molar-refractivity contribution in [2.45, 2.75) is 23.6 Å². The highest BCUT2D eigenvalue weighted by molar-refractivity contribution is 8.16. The lowest BCUT2D eigenvalue weighted by Crippen LogP contribution is -1.99. The molecule has 0 saturated carbocycles. The molecule has 34 heavy (non-hydrogen) atoms. The number of fused-ring (bicyclic) bond motifs is 2. The van der Waals surface area contributed by atoms with Crippen molar-refractivity contribution in [1.82, 2.24) is 0 Å². The molecule has 6 rings (SSSR count). The average Bonchev–Trinajstić information content (AvgIpc) is 3.57. The molecule has 0 amide bonds. The summed E-state index contributed by atoms with van der Waals surface area (Å²) in [4.78, 5) is 27.6. The van der Waals surface area contributed by atoms with E-state index in [1.54, 1.807) is 0 Å². The monoisotopic (exact) mass is 482 g/mol. The minimum atomic E-state index is -0.0960. The Morgan fingerprint density at radius 3 is 1.97 bits per heavy atom. The molecule has 0 radical (unpaired) electrons. The Morgan fingerprint density at radius 1 is 0.676 bits per heavy atom. The number of carbonyl (C=O) groups is 2. The fraction of sp³-hybridized carbons (Fsp3) is 0.0714. The Kier molecular flexibility index (Phi) is 5.01. The van der Waals surface area contributed by atoms with Gasteiger partial charge in [-0.15, -0.1) is 0 Å². The van der Waals surface area contributed by atoms with Crippen LogP contribution in [0.25, 0.3) is 34.6 Å². The summed E-state index contributed by atoms with van der Waals surface area (Å²) in [5, 5.41) is -0.169. The van der Waals surface area contributed by atoms with Crippen molar-refractivity contribution >= 4 is 57.1 Å². The molecule has 2 aliphatic rings. The van der Waals surface area contributed by atoms with E-state index in [0.717, 1.165) is 43.6 Å². The first-order valence-corrected chi connectivity index (χ1v) is 12.4. The lowest BCUT2D eigenvalue weighted by atomic mass is 9.95. The normalized spacial score (nSPS) is 17.1. The van der Waals surface area contributed by atoms with Crippen LogP contribution in [0.1, 0.15) is 34.0 Å². The van der Waals surface area contributed by atoms with E-state index < -0.39 is 0 Å². The van der Waals surface area contributed by atoms with E-state index in [-0.39, 0.29) is 10.2 Å². The summed E-state index contributed by atoms with van der Waals surface area (Å²) in [5.74, 6) is 3.03. The van der Waals surface area contributed by atoms with Crippen molar-refractivity contribution < 1.29 is 18.4 Å². The molecule has 0 atom stereocenters. The van der Waals surface area contributed by atoms with E-state index in [9.17, 15) is 9.59 Å². The number of carbonyl (C=O) groups excluding carboxylic acids is 2. The minimum Gasteiger partial charge on any atom is -0.462 e. The third-order valence-electron chi connectivity index (χ3n) is 5.81. The van der Waals surface area contributed by atoms with Crippen molar-refractivity contribution in [1.29, 1.82) is 0 Å². The molecule has 0 bridgehead atoms. The molecule has 6 heteroatoms. The van der Waals surface area contributed by atoms with Gasteiger partial charge in [-0.1, -0.05) is 24.3 Å². The van der Waals surface area contributed by atoms with Crippen molar-refractivity contribution in [2.24, 2.45) is 0 Å². The Balaban J connectivity index is 1.35. The zero-order chi connectivity index (χ0) is 23.4. The molecule has 4 aromatic rings. The van der Waals surface area contributed by atoms with Crippen LogP contribution >= 0.6 is 23.5 Å². The fourth-order valence-corrected chi connectivity index (χ4v) is 6.21. The second-order valence-corrected chi connectivity index (χ2v) is 10.3. The molecule has 2 aromatic heterocycles. The van der Waals surface area contributed by atoms with Crippen LogP contribution in [0.5, 0.6) is 0 Å². The molecule has 0 N–H and O–H groups in total. The lowest BCUT2D eigenvalue weighted by Gasteiger charge is -2.06. The number of thioether (sulfide) groups is 2. The van der Waals surface area contributed by atoms with Gasteiger partial charge in [0.1, 0.15) is 23.0 Å². The van der Waals surface area contributed by atoms with Crippen LogP contribution in [0.2, 0.25) is 0 Å². The summed E-state index contributed by atoms with van der Waals surface area (Å²) in [6.45, 7) is 3.90. The smallest absolute Gasteiger partial charge is 0.225 e. The highest BCUT2D eigenvalue weighted by Gasteiger charge is 2.36. The van der Waals surface area contributed by atoms with Crippen LogP contribution < -0.4 is 0 Å². The van der Waals surface area contributed by atoms with Crippen molar-refractivity contribution in [3.63, 3.8) is 0 Å². The molecule has 166 valence electrons. The molecular weight excluding hydrogens is 464 g/mol. The minimum absolute atomic E-state index is 0.0734. The van der Waals surface area contributed by atoms with E-state index in [4.69, 9.17) is 8.83 Å². The maximum Gasteiger partial charge on any atom is 0.225 e. The van der Waals surface area contributed by atoms with Gasteiger partial charge in [0.25, 0.3) is 0 Å². The van der Waals surface area contributed by atoms with Gasteiger partial charge in [0.05, 0.1) is 0 Å². The molecule has 0 unspecified atom stereocenters. The van der Waals surface area contributed by atoms with Crippen LogP contribution in [0, 0.1) is 13.8 Å². The Bertz CT molecular complexity index is 1560. The maximum absolute atomic E-state index is 13.0. The number of benzene rings is 2. The topological polar surface area (TPSA) is 60.4 Å². The van der Waals surface area contributed by atoms with Gasteiger partial charge in [0.2, 0.25) is 10.2 Å². The predicted octanol–water partition coefficient (Wildman–Crippen LogP) is 7.50. The fourth-order valence-electron chi connectivity index (χ4n) is 4.19. The maximum atomic E-state index is 13.0. The van der Waals surface area contributed by atoms with E-state index in [1.807, 2.05) is 86.7 Å². The Hall–Kier alpha value is -3.48. The summed E-state index contributed by atoms with van der Waals surface area (Å²) in [6.07, 6.45) is 3.72. The Morgan fingerprint density at radius 2 is 1.29 bits per heavy atom. The summed E-state index contributed by atoms with van der Waals surface area (Å²) in [7, 11) is 0. The van der Waals surface area contributed by atoms with Crippen LogP contribution in [0.3, 0.4) is 0 Å². The van der Waals surface area contributed by atoms with Crippen LogP contribution in [-0.4, -0.2) is 10.2 Å². The van der Waals surface area contributed by atoms with E-state index in [2.05, 4.69) is 0 Å². The van der Waals surface area contributed by atoms with Gasteiger partial charge in [-0.25, -0.2) is 0 Å². The summed E-state index contributed by atoms with van der Waals surface area (Å²) in [6, 6.07) is 19.3. The van der Waals surface area contributed by atoms with Crippen LogP contribution in [0.15, 0.2) is 79.3 Å². The van der Waals surface area contributed by atoms with E-state index in [0.29, 0.717) is 22.7 Å². The largest absolute Gasteiger partial charge is 0.462 e. The first kappa shape index (κ1) is 21.1. The molecular formula is C28H18O4S2. The third kappa shape index (κ3) is 3.59. The first-order chi connectivity index (χ1) is 16.5. The van der Waals surface area contributed by atoms with Crippen molar-refractivity contribution in [3.05, 3.63) is 94.6 Å². The number of furan rings is 2. The molecule has 2 aromatic carbocycles. The van der Waals surface area contributed by atoms with Gasteiger partial charge >= 0.3 is 0 Å². The van der Waals surface area contributed by atoms with Gasteiger partial charge in [-0.2, -0.15) is 0 Å². The van der Waals surface area contributed by atoms with Gasteiger partial charge in [-0.05, 0) is 91.5 Å². The quantitative estimate of drug-likeness (QED) is 0.282. The van der Waals surface area contributed by atoms with Gasteiger partial charge in [-0.3, -0.25) is 9.59 Å². The lowest BCUT2D eigenvalue weighted by molar-refractivity contribution is -0.107. The number of hydrogen-bond donors (Lipinski definition) is 0. The SMILES string of the molecule is Cc1ccc2c(c1)SC(=O)/C2=C1/C(=O)Sc2cc(-c3ccc(/C=C/c4ccc(C)o4)o3)ccc21. The van der Waals surface area contributed by atoms with Gasteiger partial charge in [0.15, 0.2) is 0 Å². The second-order valence-electron chi connectivity index (χ2n) is 8.22. The number of rotatable bonds is 3. The molecule has 2 aliphatic heterocycles. The summed E-state index contributed by atoms with van der Waals surface area (Å²) in [5.41, 5.74) is 4.63. The molecule has 0 aliphatic carbocycles. The third-order valence-corrected chi connectivity index (χ3v) is 7.70. The van der Waals surface area contributed by atoms with Gasteiger partial charge in [0, 0.05) is 37.6 Å². The van der Waals surface area contributed by atoms with E-state index in [1.165, 1.54) is 23.5 Å². The highest BCUT2D eigenvalue weighted by Crippen LogP contribution is 2.50. The molecule has 0 fully saturated rings. The summed E-state index contributed by atoms with van der Waals surface area (Å²) >= 11 is 2.36. The highest BCUT2D eigenvalue weighted by atomic mass is 32.2. The molecule has 0 spiro atoms. The number of aryl methyl sites for hydroxylation is 2. The number of hydrogen-bond acceptors (Lipinski definition) is 6. The molecule has 4 heterocycles. The average molecular weight is 483 g/mol. The second kappa shape index (κ2) is 8.08. The molecule has 0 saturated heterocycles. The first-order valence-electron chi connectivity index (χ1n) is 10.7. The van der Waals surface area contributed by atoms with Crippen molar-refractivity contribution in [3.8, 4) is 11.3 Å². The standard InChI is InChI=1S/C28H18O4S2/c1-15-3-10-20-23(13-15)33-27(29)25(20)26-21-11-5-17(14-24(21)34-28(26)30)22-12-9-19(32-22)8-7-18-6-4-16(2)31-18/h3-14H,1-2H3/b8-7+,26-25+. The predicted molar refractivity (Wildman–Crippen MR) is 136 cm³/mol. The molecule has 4 nitrogen and oxygen atoms in total. The zero-order valence-electron chi connectivity index (χ0n) is 18.4. The van der Waals surface area contributed by atoms with Crippen molar-refractivity contribution in [2.75, 3.05) is 0 Å². The van der Waals surface area contributed by atoms with Crippen LogP contribution in [-0.2, 0) is 9.59 Å². The zero-order valence-corrected chi connectivity index (χ0v) is 20.0.